The number of allylic oxidation sites excluding steroid dienone is 1. The van der Waals surface area contributed by atoms with Gasteiger partial charge in [0.2, 0.25) is 5.88 Å². The van der Waals surface area contributed by atoms with E-state index in [-0.39, 0.29) is 0 Å². The highest BCUT2D eigenvalue weighted by atomic mass is 16.5. The lowest BCUT2D eigenvalue weighted by atomic mass is 10.2. The van der Waals surface area contributed by atoms with E-state index in [2.05, 4.69) is 21.4 Å². The van der Waals surface area contributed by atoms with Crippen molar-refractivity contribution in [1.29, 1.82) is 0 Å². The number of nitrogens with zero attached hydrogens (tertiary/aromatic N) is 2. The summed E-state index contributed by atoms with van der Waals surface area (Å²) in [5.74, 6) is 0.594. The smallest absolute Gasteiger partial charge is 0.239 e. The lowest BCUT2D eigenvalue weighted by Gasteiger charge is -2.06. The van der Waals surface area contributed by atoms with E-state index in [0.717, 1.165) is 30.3 Å². The molecule has 1 heterocycles. The minimum absolute atomic E-state index is 0.594. The molecule has 1 fully saturated rings. The second kappa shape index (κ2) is 5.77. The normalized spacial score (nSPS) is 16.0. The molecule has 0 unspecified atom stereocenters. The van der Waals surface area contributed by atoms with Gasteiger partial charge in [-0.25, -0.2) is 9.97 Å². The van der Waals surface area contributed by atoms with Gasteiger partial charge in [-0.05, 0) is 38.3 Å². The van der Waals surface area contributed by atoms with Crippen LogP contribution in [0.5, 0.6) is 5.88 Å². The van der Waals surface area contributed by atoms with Gasteiger partial charge in [0.15, 0.2) is 0 Å². The predicted molar refractivity (Wildman–Crippen MR) is 67.9 cm³/mol. The number of hydrogen-bond acceptors (Lipinski definition) is 4. The van der Waals surface area contributed by atoms with Crippen LogP contribution in [0.25, 0.3) is 5.57 Å². The maximum atomic E-state index is 5.19. The van der Waals surface area contributed by atoms with Crippen LogP contribution >= 0.6 is 0 Å². The van der Waals surface area contributed by atoms with Gasteiger partial charge in [0.05, 0.1) is 7.11 Å². The summed E-state index contributed by atoms with van der Waals surface area (Å²) in [6.07, 6.45) is 9.20. The molecule has 0 aliphatic heterocycles. The first-order chi connectivity index (χ1) is 8.31. The van der Waals surface area contributed by atoms with Crippen molar-refractivity contribution in [2.24, 2.45) is 0 Å². The van der Waals surface area contributed by atoms with Crippen LogP contribution in [0.1, 0.15) is 31.9 Å². The third-order valence-electron chi connectivity index (χ3n) is 2.84. The van der Waals surface area contributed by atoms with E-state index in [0.29, 0.717) is 5.88 Å². The first-order valence-electron chi connectivity index (χ1n) is 6.06. The van der Waals surface area contributed by atoms with Gasteiger partial charge >= 0.3 is 0 Å². The predicted octanol–water partition coefficient (Wildman–Crippen LogP) is 2.03. The molecule has 2 rings (SSSR count). The summed E-state index contributed by atoms with van der Waals surface area (Å²) >= 11 is 0. The minimum Gasteiger partial charge on any atom is -0.479 e. The van der Waals surface area contributed by atoms with E-state index in [1.807, 2.05) is 6.92 Å². The van der Waals surface area contributed by atoms with Crippen LogP contribution in [0, 0.1) is 0 Å². The molecule has 0 spiro atoms. The van der Waals surface area contributed by atoms with Crippen molar-refractivity contribution in [3.63, 3.8) is 0 Å². The van der Waals surface area contributed by atoms with Crippen LogP contribution in [0.3, 0.4) is 0 Å². The highest BCUT2D eigenvalue weighted by Crippen LogP contribution is 2.21. The van der Waals surface area contributed by atoms with E-state index in [9.17, 15) is 0 Å². The van der Waals surface area contributed by atoms with Crippen LogP contribution < -0.4 is 10.1 Å². The molecular weight excluding hydrogens is 214 g/mol. The van der Waals surface area contributed by atoms with Gasteiger partial charge in [0.25, 0.3) is 0 Å². The number of ether oxygens (including phenoxy) is 1. The SMILES string of the molecule is COc1nccnc1C(C)=CCCNC1CC1. The van der Waals surface area contributed by atoms with Crippen LogP contribution in [0.4, 0.5) is 0 Å². The van der Waals surface area contributed by atoms with Crippen molar-refractivity contribution in [3.05, 3.63) is 24.2 Å². The lowest BCUT2D eigenvalue weighted by Crippen LogP contribution is -2.16. The lowest BCUT2D eigenvalue weighted by molar-refractivity contribution is 0.394. The molecule has 4 nitrogen and oxygen atoms in total. The highest BCUT2D eigenvalue weighted by Gasteiger charge is 2.19. The van der Waals surface area contributed by atoms with E-state index < -0.39 is 0 Å². The van der Waals surface area contributed by atoms with Crippen LogP contribution in [0.2, 0.25) is 0 Å². The summed E-state index contributed by atoms with van der Waals surface area (Å²) in [5, 5.41) is 3.48. The first-order valence-corrected chi connectivity index (χ1v) is 6.06. The molecule has 1 N–H and O–H groups in total. The molecule has 1 saturated carbocycles. The van der Waals surface area contributed by atoms with E-state index >= 15 is 0 Å². The molecule has 0 saturated heterocycles. The van der Waals surface area contributed by atoms with Gasteiger partial charge in [-0.1, -0.05) is 6.08 Å². The van der Waals surface area contributed by atoms with Gasteiger partial charge in [-0.15, -0.1) is 0 Å². The Hall–Kier alpha value is -1.42. The fourth-order valence-corrected chi connectivity index (χ4v) is 1.71. The summed E-state index contributed by atoms with van der Waals surface area (Å²) in [4.78, 5) is 8.44. The maximum absolute atomic E-state index is 5.19. The standard InChI is InChI=1S/C13H19N3O/c1-10(4-3-7-14-11-5-6-11)12-13(17-2)16-9-8-15-12/h4,8-9,11,14H,3,5-7H2,1-2H3. The van der Waals surface area contributed by atoms with Crippen molar-refractivity contribution in [1.82, 2.24) is 15.3 Å². The molecule has 0 atom stereocenters. The average molecular weight is 233 g/mol. The Kier molecular flexibility index (Phi) is 4.09. The summed E-state index contributed by atoms with van der Waals surface area (Å²) in [5.41, 5.74) is 1.95. The number of hydrogen-bond donors (Lipinski definition) is 1. The summed E-state index contributed by atoms with van der Waals surface area (Å²) in [7, 11) is 1.62. The molecule has 1 aromatic heterocycles. The number of rotatable bonds is 6. The third kappa shape index (κ3) is 3.53. The van der Waals surface area contributed by atoms with Crippen molar-refractivity contribution in [2.75, 3.05) is 13.7 Å². The van der Waals surface area contributed by atoms with Crippen LogP contribution in [-0.4, -0.2) is 29.7 Å². The van der Waals surface area contributed by atoms with Crippen molar-refractivity contribution in [3.8, 4) is 5.88 Å². The van der Waals surface area contributed by atoms with Crippen LogP contribution in [0.15, 0.2) is 18.5 Å². The molecule has 92 valence electrons. The Bertz CT molecular complexity index is 399. The summed E-state index contributed by atoms with van der Waals surface area (Å²) < 4.78 is 5.19. The van der Waals surface area contributed by atoms with Gasteiger partial charge in [0.1, 0.15) is 5.69 Å². The Morgan fingerprint density at radius 2 is 2.24 bits per heavy atom. The van der Waals surface area contributed by atoms with E-state index in [1.54, 1.807) is 19.5 Å². The van der Waals surface area contributed by atoms with Gasteiger partial charge in [-0.3, -0.25) is 0 Å². The number of nitrogens with one attached hydrogen (secondary N) is 1. The number of methoxy groups -OCH3 is 1. The highest BCUT2D eigenvalue weighted by molar-refractivity contribution is 5.63. The van der Waals surface area contributed by atoms with Crippen molar-refractivity contribution in [2.45, 2.75) is 32.2 Å². The topological polar surface area (TPSA) is 47.0 Å². The number of aromatic nitrogens is 2. The average Bonchev–Trinajstić information content (AvgIpc) is 3.18. The molecule has 0 amide bonds. The van der Waals surface area contributed by atoms with Gasteiger partial charge < -0.3 is 10.1 Å². The molecule has 1 aliphatic rings. The third-order valence-corrected chi connectivity index (χ3v) is 2.84. The molecule has 1 aromatic rings. The molecule has 17 heavy (non-hydrogen) atoms. The molecule has 0 aromatic carbocycles. The zero-order chi connectivity index (χ0) is 12.1. The zero-order valence-electron chi connectivity index (χ0n) is 10.4. The van der Waals surface area contributed by atoms with Crippen molar-refractivity contribution >= 4 is 5.57 Å². The van der Waals surface area contributed by atoms with E-state index in [1.165, 1.54) is 12.8 Å². The first kappa shape index (κ1) is 12.0. The fraction of sp³-hybridized carbons (Fsp3) is 0.538. The Balaban J connectivity index is 1.91. The minimum atomic E-state index is 0.594. The molecule has 0 bridgehead atoms. The molecule has 0 radical (unpaired) electrons. The molecule has 1 aliphatic carbocycles. The quantitative estimate of drug-likeness (QED) is 0.764. The molecule has 4 heteroatoms. The second-order valence-corrected chi connectivity index (χ2v) is 4.32. The fourth-order valence-electron chi connectivity index (χ4n) is 1.71. The van der Waals surface area contributed by atoms with E-state index in [4.69, 9.17) is 4.74 Å². The van der Waals surface area contributed by atoms with Gasteiger partial charge in [0, 0.05) is 18.4 Å². The summed E-state index contributed by atoms with van der Waals surface area (Å²) in [6.45, 7) is 3.08. The second-order valence-electron chi connectivity index (χ2n) is 4.32. The Morgan fingerprint density at radius 1 is 1.47 bits per heavy atom. The van der Waals surface area contributed by atoms with Crippen LogP contribution in [-0.2, 0) is 0 Å². The zero-order valence-corrected chi connectivity index (χ0v) is 10.4. The monoisotopic (exact) mass is 233 g/mol. The largest absolute Gasteiger partial charge is 0.479 e. The van der Waals surface area contributed by atoms with Crippen molar-refractivity contribution < 1.29 is 4.74 Å². The Labute approximate surface area is 102 Å². The Morgan fingerprint density at radius 3 is 2.94 bits per heavy atom. The van der Waals surface area contributed by atoms with Gasteiger partial charge in [-0.2, -0.15) is 0 Å². The summed E-state index contributed by atoms with van der Waals surface area (Å²) in [6, 6.07) is 0.773. The maximum Gasteiger partial charge on any atom is 0.239 e. The molecular formula is C13H19N3O.